The van der Waals surface area contributed by atoms with Crippen molar-refractivity contribution in [1.29, 1.82) is 0 Å². The van der Waals surface area contributed by atoms with Gasteiger partial charge in [0.2, 0.25) is 0 Å². The van der Waals surface area contributed by atoms with E-state index in [0.717, 1.165) is 0 Å². The van der Waals surface area contributed by atoms with Crippen LogP contribution in [0.4, 0.5) is 0 Å². The van der Waals surface area contributed by atoms with Crippen molar-refractivity contribution in [3.63, 3.8) is 0 Å². The van der Waals surface area contributed by atoms with Crippen LogP contribution in [0, 0.1) is 0 Å². The smallest absolute Gasteiger partial charge is 0.147 e. The summed E-state index contributed by atoms with van der Waals surface area (Å²) in [6, 6.07) is 11.1. The van der Waals surface area contributed by atoms with Crippen LogP contribution in [0.2, 0.25) is 15.0 Å². The van der Waals surface area contributed by atoms with Gasteiger partial charge in [-0.3, -0.25) is 0 Å². The molecule has 1 rings (SSSR count). The van der Waals surface area contributed by atoms with Gasteiger partial charge < -0.3 is 0 Å². The van der Waals surface area contributed by atoms with Gasteiger partial charge in [0.05, 0.1) is 0 Å². The molecule has 0 bridgehead atoms. The Kier molecular flexibility index (Phi) is 7.48. The molecule has 0 aromatic heterocycles. The van der Waals surface area contributed by atoms with Gasteiger partial charge in [-0.05, 0) is 0 Å². The van der Waals surface area contributed by atoms with Crippen LogP contribution in [0.15, 0.2) is 30.3 Å². The van der Waals surface area contributed by atoms with E-state index in [1.54, 1.807) is 5.56 Å². The van der Waals surface area contributed by atoms with Gasteiger partial charge >= 0.3 is 91.5 Å². The molecule has 0 aliphatic rings. The molecule has 0 aliphatic carbocycles. The van der Waals surface area contributed by atoms with Crippen molar-refractivity contribution >= 4 is 12.4 Å². The second-order valence-electron chi connectivity index (χ2n) is 5.36. The molecule has 0 atom stereocenters. The fourth-order valence-electron chi connectivity index (χ4n) is 2.85. The molecule has 0 radical (unpaired) electrons. The van der Waals surface area contributed by atoms with Crippen molar-refractivity contribution in [2.24, 2.45) is 0 Å². The SMILES string of the molecule is C[CH2][Zn]([CH2]C)([CH2]C)[CH2]c1ccccc1.Cl. The van der Waals surface area contributed by atoms with Crippen molar-refractivity contribution in [2.45, 2.75) is 40.8 Å². The van der Waals surface area contributed by atoms with Crippen molar-refractivity contribution in [1.82, 2.24) is 0 Å². The molecular weight excluding hydrogens is 257 g/mol. The van der Waals surface area contributed by atoms with Crippen molar-refractivity contribution < 1.29 is 14.8 Å². The Morgan fingerprint density at radius 2 is 1.33 bits per heavy atom. The van der Waals surface area contributed by atoms with E-state index in [0.29, 0.717) is 0 Å². The van der Waals surface area contributed by atoms with E-state index in [9.17, 15) is 0 Å². The first-order chi connectivity index (χ1) is 6.76. The molecule has 2 heteroatoms. The summed E-state index contributed by atoms with van der Waals surface area (Å²) in [6.07, 6.45) is 0. The van der Waals surface area contributed by atoms with Gasteiger partial charge in [-0.25, -0.2) is 0 Å². The van der Waals surface area contributed by atoms with Crippen molar-refractivity contribution in [2.75, 3.05) is 0 Å². The third kappa shape index (κ3) is 4.25. The Labute approximate surface area is 104 Å². The second kappa shape index (κ2) is 7.41. The van der Waals surface area contributed by atoms with E-state index in [1.807, 2.05) is 0 Å². The van der Waals surface area contributed by atoms with E-state index in [1.165, 1.54) is 20.1 Å². The molecular formula is C13H23ClZn. The van der Waals surface area contributed by atoms with Crippen molar-refractivity contribution in [3.05, 3.63) is 35.9 Å². The maximum Gasteiger partial charge on any atom is -0.147 e. The predicted molar refractivity (Wildman–Crippen MR) is 68.8 cm³/mol. The first kappa shape index (κ1) is 15.1. The molecule has 15 heavy (non-hydrogen) atoms. The van der Waals surface area contributed by atoms with Gasteiger partial charge in [-0.1, -0.05) is 0 Å². The summed E-state index contributed by atoms with van der Waals surface area (Å²) in [7, 11) is 0. The quantitative estimate of drug-likeness (QED) is 0.660. The standard InChI is InChI=1S/C7H7.3C2H5.ClH.Zn/c1-7-5-3-2-4-6-7;3*1-2;;/h2-6H,1H2;3*1H2,2H3;1H;. The first-order valence-corrected chi connectivity index (χ1v) is 14.8. The third-order valence-electron chi connectivity index (χ3n) is 4.84. The fourth-order valence-corrected chi connectivity index (χ4v) is 12.8. The van der Waals surface area contributed by atoms with Crippen LogP contribution in [-0.2, 0) is 19.8 Å². The number of hydrogen-bond donors (Lipinski definition) is 0. The average Bonchev–Trinajstić information content (AvgIpc) is 2.28. The molecule has 1 aromatic rings. The summed E-state index contributed by atoms with van der Waals surface area (Å²) in [5.74, 6) is 0. The number of benzene rings is 1. The van der Waals surface area contributed by atoms with E-state index in [4.69, 9.17) is 0 Å². The molecule has 0 amide bonds. The summed E-state index contributed by atoms with van der Waals surface area (Å²) >= 11 is -1.81. The van der Waals surface area contributed by atoms with Gasteiger partial charge in [0.15, 0.2) is 0 Å². The summed E-state index contributed by atoms with van der Waals surface area (Å²) in [6.45, 7) is 7.24. The van der Waals surface area contributed by atoms with Crippen LogP contribution in [0.25, 0.3) is 0 Å². The van der Waals surface area contributed by atoms with Gasteiger partial charge in [-0.2, -0.15) is 0 Å². The summed E-state index contributed by atoms with van der Waals surface area (Å²) in [5.41, 5.74) is 1.58. The Morgan fingerprint density at radius 3 is 1.73 bits per heavy atom. The zero-order valence-corrected chi connectivity index (χ0v) is 14.1. The molecule has 0 N–H and O–H groups in total. The third-order valence-corrected chi connectivity index (χ3v) is 21.6. The van der Waals surface area contributed by atoms with Gasteiger partial charge in [-0.15, -0.1) is 12.4 Å². The predicted octanol–water partition coefficient (Wildman–Crippen LogP) is 5.08. The molecule has 0 saturated heterocycles. The minimum atomic E-state index is -1.81. The molecule has 84 valence electrons. The minimum absolute atomic E-state index is 0. The summed E-state index contributed by atoms with van der Waals surface area (Å²) < 4.78 is 0. The maximum atomic E-state index is 2.41. The molecule has 0 nitrogen and oxygen atoms in total. The summed E-state index contributed by atoms with van der Waals surface area (Å²) in [5, 5.41) is 5.97. The molecule has 0 heterocycles. The van der Waals surface area contributed by atoms with Crippen LogP contribution in [0.1, 0.15) is 26.3 Å². The molecule has 0 spiro atoms. The van der Waals surface area contributed by atoms with Crippen molar-refractivity contribution in [3.8, 4) is 0 Å². The minimum Gasteiger partial charge on any atom is -0.147 e. The average molecular weight is 280 g/mol. The first-order valence-electron chi connectivity index (χ1n) is 6.39. The van der Waals surface area contributed by atoms with Crippen LogP contribution >= 0.6 is 12.4 Å². The van der Waals surface area contributed by atoms with E-state index >= 15 is 0 Å². The fraction of sp³-hybridized carbons (Fsp3) is 0.538. The monoisotopic (exact) mass is 278 g/mol. The topological polar surface area (TPSA) is 0 Å². The van der Waals surface area contributed by atoms with Crippen LogP contribution in [-0.4, -0.2) is 0 Å². The Balaban J connectivity index is 0.00000196. The molecule has 0 saturated carbocycles. The molecule has 0 unspecified atom stereocenters. The molecule has 0 aliphatic heterocycles. The summed E-state index contributed by atoms with van der Waals surface area (Å²) in [4.78, 5) is 0. The zero-order chi connectivity index (χ0) is 10.4. The Morgan fingerprint density at radius 1 is 0.867 bits per heavy atom. The Hall–Kier alpha value is 0.133. The van der Waals surface area contributed by atoms with Gasteiger partial charge in [0.1, 0.15) is 0 Å². The number of halogens is 1. The zero-order valence-electron chi connectivity index (χ0n) is 10.3. The van der Waals surface area contributed by atoms with Gasteiger partial charge in [0, 0.05) is 0 Å². The van der Waals surface area contributed by atoms with E-state index in [2.05, 4.69) is 51.1 Å². The Bertz CT molecular complexity index is 246. The van der Waals surface area contributed by atoms with Crippen LogP contribution in [0.5, 0.6) is 0 Å². The van der Waals surface area contributed by atoms with E-state index in [-0.39, 0.29) is 12.4 Å². The van der Waals surface area contributed by atoms with E-state index < -0.39 is 14.8 Å². The second-order valence-corrected chi connectivity index (χ2v) is 21.6. The number of hydrogen-bond acceptors (Lipinski definition) is 0. The van der Waals surface area contributed by atoms with Gasteiger partial charge in [0.25, 0.3) is 0 Å². The van der Waals surface area contributed by atoms with Crippen LogP contribution < -0.4 is 0 Å². The normalized spacial score (nSPS) is 9.80. The maximum absolute atomic E-state index is 2.41. The molecule has 0 fully saturated rings. The van der Waals surface area contributed by atoms with Crippen LogP contribution in [0.3, 0.4) is 0 Å². The largest absolute Gasteiger partial charge is 0.147 e. The molecule has 1 aromatic carbocycles. The number of rotatable bonds is 5.